The Labute approximate surface area is 186 Å². The van der Waals surface area contributed by atoms with Crippen LogP contribution in [0.15, 0.2) is 59.5 Å². The molecule has 31 heavy (non-hydrogen) atoms. The van der Waals surface area contributed by atoms with Gasteiger partial charge in [-0.25, -0.2) is 18.4 Å². The molecule has 6 nitrogen and oxygen atoms in total. The summed E-state index contributed by atoms with van der Waals surface area (Å²) in [6, 6.07) is 14.2. The number of hydrogen-bond acceptors (Lipinski definition) is 6. The molecular weight excluding hydrogens is 436 g/mol. The molecule has 0 aliphatic rings. The van der Waals surface area contributed by atoms with Gasteiger partial charge in [-0.1, -0.05) is 23.7 Å². The number of Topliss-reactive ketones (excluding diaryl/α,β-unsaturated/α-hetero) is 2. The van der Waals surface area contributed by atoms with E-state index in [-0.39, 0.29) is 40.9 Å². The van der Waals surface area contributed by atoms with Crippen LogP contribution >= 0.6 is 11.6 Å². The van der Waals surface area contributed by atoms with Crippen LogP contribution in [-0.2, 0) is 26.8 Å². The number of nitrogens with zero attached hydrogens (tertiary/aromatic N) is 2. The van der Waals surface area contributed by atoms with Gasteiger partial charge in [-0.15, -0.1) is 0 Å². The fourth-order valence-electron chi connectivity index (χ4n) is 3.14. The van der Waals surface area contributed by atoms with Crippen LogP contribution in [-0.4, -0.2) is 30.0 Å². The van der Waals surface area contributed by atoms with Gasteiger partial charge in [-0.3, -0.25) is 9.59 Å². The SMILES string of the molecule is Cc1cc(C)nc(CS(=O)(=O)c2ccc(CC(=O)CC(=O)c3ccc(Cl)cc3)cc2)n1. The average molecular weight is 457 g/mol. The largest absolute Gasteiger partial charge is 0.299 e. The highest BCUT2D eigenvalue weighted by atomic mass is 35.5. The molecule has 0 saturated carbocycles. The van der Waals surface area contributed by atoms with E-state index >= 15 is 0 Å². The lowest BCUT2D eigenvalue weighted by Gasteiger charge is -2.07. The first-order valence-corrected chi connectivity index (χ1v) is 11.6. The van der Waals surface area contributed by atoms with Gasteiger partial charge in [0.1, 0.15) is 17.4 Å². The monoisotopic (exact) mass is 456 g/mol. The summed E-state index contributed by atoms with van der Waals surface area (Å²) in [4.78, 5) is 33.0. The van der Waals surface area contributed by atoms with Crippen LogP contribution in [0.2, 0.25) is 5.02 Å². The number of hydrogen-bond donors (Lipinski definition) is 0. The Balaban J connectivity index is 1.64. The summed E-state index contributed by atoms with van der Waals surface area (Å²) in [6.07, 6.45) is -0.189. The highest BCUT2D eigenvalue weighted by Crippen LogP contribution is 2.17. The standard InChI is InChI=1S/C23H21ClN2O4S/c1-15-11-16(2)26-23(25-15)14-31(29,30)21-9-3-17(4-10-21)12-20(27)13-22(28)18-5-7-19(24)8-6-18/h3-11H,12-14H2,1-2H3. The molecule has 0 radical (unpaired) electrons. The van der Waals surface area contributed by atoms with Crippen molar-refractivity contribution in [1.82, 2.24) is 9.97 Å². The van der Waals surface area contributed by atoms with Crippen LogP contribution < -0.4 is 0 Å². The van der Waals surface area contributed by atoms with E-state index in [0.717, 1.165) is 0 Å². The summed E-state index contributed by atoms with van der Waals surface area (Å²) in [6.45, 7) is 3.57. The van der Waals surface area contributed by atoms with Crippen molar-refractivity contribution >= 4 is 33.0 Å². The van der Waals surface area contributed by atoms with Crippen molar-refractivity contribution in [3.63, 3.8) is 0 Å². The molecule has 0 aliphatic carbocycles. The molecule has 0 bridgehead atoms. The fraction of sp³-hybridized carbons (Fsp3) is 0.217. The Bertz CT molecular complexity index is 1200. The van der Waals surface area contributed by atoms with Gasteiger partial charge in [0.25, 0.3) is 0 Å². The Kier molecular flexibility index (Phi) is 6.97. The first-order chi connectivity index (χ1) is 14.6. The smallest absolute Gasteiger partial charge is 0.185 e. The zero-order chi connectivity index (χ0) is 22.6. The van der Waals surface area contributed by atoms with Crippen molar-refractivity contribution in [1.29, 1.82) is 0 Å². The Hall–Kier alpha value is -2.90. The van der Waals surface area contributed by atoms with E-state index < -0.39 is 9.84 Å². The Morgan fingerprint density at radius 1 is 0.903 bits per heavy atom. The van der Waals surface area contributed by atoms with Gasteiger partial charge in [0.05, 0.1) is 11.3 Å². The third kappa shape index (κ3) is 6.29. The second-order valence-corrected chi connectivity index (χ2v) is 9.72. The van der Waals surface area contributed by atoms with Gasteiger partial charge in [-0.2, -0.15) is 0 Å². The zero-order valence-electron chi connectivity index (χ0n) is 17.1. The molecule has 0 spiro atoms. The molecule has 0 amide bonds. The Morgan fingerprint density at radius 3 is 2.06 bits per heavy atom. The Morgan fingerprint density at radius 2 is 1.48 bits per heavy atom. The molecule has 0 saturated heterocycles. The lowest BCUT2D eigenvalue weighted by Crippen LogP contribution is -2.11. The van der Waals surface area contributed by atoms with Crippen LogP contribution in [0.5, 0.6) is 0 Å². The molecule has 0 unspecified atom stereocenters. The van der Waals surface area contributed by atoms with Gasteiger partial charge in [0.2, 0.25) is 0 Å². The van der Waals surface area contributed by atoms with Crippen LogP contribution in [0.3, 0.4) is 0 Å². The number of ketones is 2. The molecule has 1 aromatic heterocycles. The van der Waals surface area contributed by atoms with Gasteiger partial charge in [0, 0.05) is 28.4 Å². The topological polar surface area (TPSA) is 94.1 Å². The van der Waals surface area contributed by atoms with Gasteiger partial charge >= 0.3 is 0 Å². The predicted molar refractivity (Wildman–Crippen MR) is 118 cm³/mol. The van der Waals surface area contributed by atoms with Crippen molar-refractivity contribution in [3.05, 3.63) is 88.0 Å². The zero-order valence-corrected chi connectivity index (χ0v) is 18.7. The van der Waals surface area contributed by atoms with Crippen LogP contribution in [0, 0.1) is 13.8 Å². The maximum atomic E-state index is 12.7. The first kappa shape index (κ1) is 22.8. The first-order valence-electron chi connectivity index (χ1n) is 9.56. The summed E-state index contributed by atoms with van der Waals surface area (Å²) in [5, 5.41) is 0.516. The number of sulfone groups is 1. The molecule has 160 valence electrons. The highest BCUT2D eigenvalue weighted by molar-refractivity contribution is 7.90. The highest BCUT2D eigenvalue weighted by Gasteiger charge is 2.18. The van der Waals surface area contributed by atoms with Crippen molar-refractivity contribution in [2.24, 2.45) is 0 Å². The van der Waals surface area contributed by atoms with E-state index in [1.807, 2.05) is 0 Å². The van der Waals surface area contributed by atoms with Crippen LogP contribution in [0.1, 0.15) is 39.6 Å². The van der Waals surface area contributed by atoms with Crippen LogP contribution in [0.4, 0.5) is 0 Å². The summed E-state index contributed by atoms with van der Waals surface area (Å²) in [5.41, 5.74) is 2.47. The quantitative estimate of drug-likeness (QED) is 0.374. The lowest BCUT2D eigenvalue weighted by atomic mass is 10.0. The molecule has 0 aliphatic heterocycles. The molecule has 0 N–H and O–H groups in total. The van der Waals surface area contributed by atoms with E-state index in [0.29, 0.717) is 27.5 Å². The maximum absolute atomic E-state index is 12.7. The van der Waals surface area contributed by atoms with Crippen LogP contribution in [0.25, 0.3) is 0 Å². The number of carbonyl (C=O) groups is 2. The molecule has 3 aromatic rings. The van der Waals surface area contributed by atoms with Gasteiger partial charge in [-0.05, 0) is 61.9 Å². The minimum absolute atomic E-state index is 0.0415. The van der Waals surface area contributed by atoms with Gasteiger partial charge < -0.3 is 0 Å². The fourth-order valence-corrected chi connectivity index (χ4v) is 4.45. The number of carbonyl (C=O) groups excluding carboxylic acids is 2. The molecular formula is C23H21ClN2O4S. The normalized spacial score (nSPS) is 11.3. The van der Waals surface area contributed by atoms with Gasteiger partial charge in [0.15, 0.2) is 15.6 Å². The van der Waals surface area contributed by atoms with E-state index in [1.54, 1.807) is 56.3 Å². The second kappa shape index (κ2) is 9.49. The number of benzene rings is 2. The maximum Gasteiger partial charge on any atom is 0.185 e. The third-order valence-corrected chi connectivity index (χ3v) is 6.44. The molecule has 8 heteroatoms. The number of rotatable bonds is 8. The molecule has 2 aromatic carbocycles. The average Bonchev–Trinajstić information content (AvgIpc) is 2.67. The second-order valence-electron chi connectivity index (χ2n) is 7.29. The summed E-state index contributed by atoms with van der Waals surface area (Å²) >= 11 is 5.81. The molecule has 0 fully saturated rings. The third-order valence-electron chi connectivity index (χ3n) is 4.56. The molecule has 3 rings (SSSR count). The summed E-state index contributed by atoms with van der Waals surface area (Å²) < 4.78 is 25.4. The predicted octanol–water partition coefficient (Wildman–Crippen LogP) is 4.11. The van der Waals surface area contributed by atoms with E-state index in [2.05, 4.69) is 9.97 Å². The van der Waals surface area contributed by atoms with Crippen molar-refractivity contribution < 1.29 is 18.0 Å². The number of aryl methyl sites for hydroxylation is 2. The number of aromatic nitrogens is 2. The van der Waals surface area contributed by atoms with Crippen molar-refractivity contribution in [2.75, 3.05) is 0 Å². The lowest BCUT2D eigenvalue weighted by molar-refractivity contribution is -0.117. The van der Waals surface area contributed by atoms with Crippen molar-refractivity contribution in [3.8, 4) is 0 Å². The van der Waals surface area contributed by atoms with E-state index in [1.165, 1.54) is 12.1 Å². The number of halogens is 1. The molecule has 1 heterocycles. The van der Waals surface area contributed by atoms with E-state index in [4.69, 9.17) is 11.6 Å². The minimum atomic E-state index is -3.63. The van der Waals surface area contributed by atoms with Crippen molar-refractivity contribution in [2.45, 2.75) is 37.3 Å². The molecule has 0 atom stereocenters. The summed E-state index contributed by atoms with van der Waals surface area (Å²) in [7, 11) is -3.63. The van der Waals surface area contributed by atoms with E-state index in [9.17, 15) is 18.0 Å². The minimum Gasteiger partial charge on any atom is -0.299 e. The summed E-state index contributed by atoms with van der Waals surface area (Å²) in [5.74, 6) is -0.588.